The van der Waals surface area contributed by atoms with Crippen LogP contribution in [0.3, 0.4) is 0 Å². The molecule has 0 saturated carbocycles. The maximum absolute atomic E-state index is 12.2. The number of rotatable bonds is 3. The molecular formula is C17H15N3O3. The van der Waals surface area contributed by atoms with E-state index in [9.17, 15) is 14.4 Å². The van der Waals surface area contributed by atoms with Crippen LogP contribution in [0.25, 0.3) is 10.8 Å². The highest BCUT2D eigenvalue weighted by atomic mass is 16.2. The molecule has 6 heteroatoms. The van der Waals surface area contributed by atoms with E-state index in [0.717, 1.165) is 11.1 Å². The van der Waals surface area contributed by atoms with Crippen molar-refractivity contribution in [3.63, 3.8) is 0 Å². The predicted octanol–water partition coefficient (Wildman–Crippen LogP) is 1.71. The summed E-state index contributed by atoms with van der Waals surface area (Å²) >= 11 is 0. The molecule has 6 nitrogen and oxygen atoms in total. The summed E-state index contributed by atoms with van der Waals surface area (Å²) in [6.45, 7) is 1.98. The van der Waals surface area contributed by atoms with Gasteiger partial charge in [-0.05, 0) is 24.6 Å². The number of benzene rings is 2. The number of nitrogens with one attached hydrogen (secondary N) is 3. The zero-order chi connectivity index (χ0) is 16.4. The molecule has 0 aliphatic rings. The van der Waals surface area contributed by atoms with Crippen LogP contribution in [-0.4, -0.2) is 16.1 Å². The van der Waals surface area contributed by atoms with Crippen LogP contribution in [0.2, 0.25) is 0 Å². The molecule has 3 rings (SSSR count). The summed E-state index contributed by atoms with van der Waals surface area (Å²) in [6, 6.07) is 12.4. The molecule has 0 fully saturated rings. The highest BCUT2D eigenvalue weighted by Gasteiger charge is 2.11. The van der Waals surface area contributed by atoms with Gasteiger partial charge >= 0.3 is 0 Å². The number of H-pyrrole nitrogens is 2. The number of anilines is 1. The molecule has 0 radical (unpaired) electrons. The van der Waals surface area contributed by atoms with Crippen molar-refractivity contribution in [1.29, 1.82) is 0 Å². The summed E-state index contributed by atoms with van der Waals surface area (Å²) in [5.74, 6) is -0.249. The van der Waals surface area contributed by atoms with E-state index < -0.39 is 11.1 Å². The van der Waals surface area contributed by atoms with Crippen LogP contribution in [0.4, 0.5) is 5.69 Å². The van der Waals surface area contributed by atoms with Gasteiger partial charge in [0, 0.05) is 0 Å². The molecule has 0 aliphatic carbocycles. The fourth-order valence-electron chi connectivity index (χ4n) is 2.42. The Morgan fingerprint density at radius 3 is 2.43 bits per heavy atom. The van der Waals surface area contributed by atoms with Crippen LogP contribution in [-0.2, 0) is 11.2 Å². The topological polar surface area (TPSA) is 94.8 Å². The van der Waals surface area contributed by atoms with Gasteiger partial charge in [0.15, 0.2) is 0 Å². The van der Waals surface area contributed by atoms with Gasteiger partial charge in [0.05, 0.1) is 22.9 Å². The molecule has 1 aromatic heterocycles. The molecule has 0 bridgehead atoms. The molecule has 0 unspecified atom stereocenters. The van der Waals surface area contributed by atoms with E-state index in [-0.39, 0.29) is 23.1 Å². The molecule has 1 heterocycles. The SMILES string of the molecule is Cc1ccc(CC(=O)Nc2cccc3c(=O)[nH][nH]c(=O)c23)cc1. The molecule has 0 atom stereocenters. The molecule has 1 amide bonds. The van der Waals surface area contributed by atoms with E-state index in [1.165, 1.54) is 0 Å². The lowest BCUT2D eigenvalue weighted by Crippen LogP contribution is -2.22. The van der Waals surface area contributed by atoms with Crippen LogP contribution < -0.4 is 16.4 Å². The Kier molecular flexibility index (Phi) is 3.80. The summed E-state index contributed by atoms with van der Waals surface area (Å²) in [6.07, 6.45) is 0.192. The minimum Gasteiger partial charge on any atom is -0.325 e. The number of aromatic amines is 2. The largest absolute Gasteiger partial charge is 0.325 e. The van der Waals surface area contributed by atoms with Gasteiger partial charge in [0.2, 0.25) is 5.91 Å². The summed E-state index contributed by atoms with van der Waals surface area (Å²) in [5.41, 5.74) is 1.46. The quantitative estimate of drug-likeness (QED) is 0.687. The zero-order valence-corrected chi connectivity index (χ0v) is 12.5. The lowest BCUT2D eigenvalue weighted by Gasteiger charge is -2.08. The van der Waals surface area contributed by atoms with Crippen molar-refractivity contribution in [3.05, 3.63) is 74.3 Å². The standard InChI is InChI=1S/C17H15N3O3/c1-10-5-7-11(8-6-10)9-14(21)18-13-4-2-3-12-15(13)17(23)20-19-16(12)22/h2-8H,9H2,1H3,(H,18,21)(H,19,22)(H,20,23). The van der Waals surface area contributed by atoms with E-state index in [0.29, 0.717) is 5.69 Å². The molecule has 23 heavy (non-hydrogen) atoms. The van der Waals surface area contributed by atoms with Gasteiger partial charge in [-0.15, -0.1) is 0 Å². The van der Waals surface area contributed by atoms with E-state index in [4.69, 9.17) is 0 Å². The normalized spacial score (nSPS) is 10.7. The Bertz CT molecular complexity index is 984. The van der Waals surface area contributed by atoms with E-state index in [2.05, 4.69) is 15.5 Å². The number of aromatic nitrogens is 2. The molecule has 0 aliphatic heterocycles. The monoisotopic (exact) mass is 309 g/mol. The van der Waals surface area contributed by atoms with Crippen LogP contribution in [0.1, 0.15) is 11.1 Å². The summed E-state index contributed by atoms with van der Waals surface area (Å²) < 4.78 is 0. The first kappa shape index (κ1) is 14.8. The number of hydrogen-bond donors (Lipinski definition) is 3. The summed E-state index contributed by atoms with van der Waals surface area (Å²) in [5, 5.41) is 7.65. The van der Waals surface area contributed by atoms with Gasteiger partial charge in [-0.1, -0.05) is 35.9 Å². The van der Waals surface area contributed by atoms with Gasteiger partial charge in [-0.2, -0.15) is 0 Å². The minimum atomic E-state index is -0.453. The van der Waals surface area contributed by atoms with Crippen molar-refractivity contribution in [2.24, 2.45) is 0 Å². The highest BCUT2D eigenvalue weighted by molar-refractivity contribution is 6.01. The fourth-order valence-corrected chi connectivity index (χ4v) is 2.42. The Morgan fingerprint density at radius 2 is 1.70 bits per heavy atom. The molecule has 2 aromatic carbocycles. The number of carbonyl (C=O) groups is 1. The third kappa shape index (κ3) is 3.06. The van der Waals surface area contributed by atoms with E-state index >= 15 is 0 Å². The first-order valence-corrected chi connectivity index (χ1v) is 7.13. The molecule has 3 N–H and O–H groups in total. The van der Waals surface area contributed by atoms with Crippen molar-refractivity contribution in [3.8, 4) is 0 Å². The Labute approximate surface area is 131 Å². The van der Waals surface area contributed by atoms with Crippen molar-refractivity contribution in [2.45, 2.75) is 13.3 Å². The number of carbonyl (C=O) groups excluding carboxylic acids is 1. The maximum atomic E-state index is 12.2. The molecular weight excluding hydrogens is 294 g/mol. The van der Waals surface area contributed by atoms with Crippen LogP contribution in [0.15, 0.2) is 52.1 Å². The second-order valence-corrected chi connectivity index (χ2v) is 5.35. The number of fused-ring (bicyclic) bond motifs is 1. The van der Waals surface area contributed by atoms with Crippen LogP contribution in [0.5, 0.6) is 0 Å². The maximum Gasteiger partial charge on any atom is 0.272 e. The molecule has 0 saturated heterocycles. The zero-order valence-electron chi connectivity index (χ0n) is 12.5. The summed E-state index contributed by atoms with van der Waals surface area (Å²) in [7, 11) is 0. The smallest absolute Gasteiger partial charge is 0.272 e. The van der Waals surface area contributed by atoms with Gasteiger partial charge < -0.3 is 5.32 Å². The first-order chi connectivity index (χ1) is 11.0. The number of amides is 1. The van der Waals surface area contributed by atoms with Gasteiger partial charge in [-0.3, -0.25) is 24.6 Å². The second-order valence-electron chi connectivity index (χ2n) is 5.35. The first-order valence-electron chi connectivity index (χ1n) is 7.13. The highest BCUT2D eigenvalue weighted by Crippen LogP contribution is 2.17. The third-order valence-electron chi connectivity index (χ3n) is 3.59. The summed E-state index contributed by atoms with van der Waals surface area (Å²) in [4.78, 5) is 35.9. The van der Waals surface area contributed by atoms with Gasteiger partial charge in [-0.25, -0.2) is 0 Å². The number of hydrogen-bond acceptors (Lipinski definition) is 3. The van der Waals surface area contributed by atoms with Gasteiger partial charge in [0.25, 0.3) is 11.1 Å². The molecule has 116 valence electrons. The second kappa shape index (κ2) is 5.92. The third-order valence-corrected chi connectivity index (χ3v) is 3.59. The Hall–Kier alpha value is -3.15. The number of aryl methyl sites for hydroxylation is 1. The molecule has 3 aromatic rings. The lowest BCUT2D eigenvalue weighted by molar-refractivity contribution is -0.115. The Balaban J connectivity index is 1.91. The fraction of sp³-hybridized carbons (Fsp3) is 0.118. The van der Waals surface area contributed by atoms with Crippen molar-refractivity contribution < 1.29 is 4.79 Å². The van der Waals surface area contributed by atoms with Crippen LogP contribution in [0, 0.1) is 6.92 Å². The Morgan fingerprint density at radius 1 is 1.00 bits per heavy atom. The predicted molar refractivity (Wildman–Crippen MR) is 88.7 cm³/mol. The van der Waals surface area contributed by atoms with E-state index in [1.807, 2.05) is 31.2 Å². The van der Waals surface area contributed by atoms with Crippen molar-refractivity contribution in [2.75, 3.05) is 5.32 Å². The van der Waals surface area contributed by atoms with E-state index in [1.54, 1.807) is 18.2 Å². The van der Waals surface area contributed by atoms with Gasteiger partial charge in [0.1, 0.15) is 0 Å². The molecule has 0 spiro atoms. The van der Waals surface area contributed by atoms with Crippen molar-refractivity contribution >= 4 is 22.4 Å². The van der Waals surface area contributed by atoms with Crippen LogP contribution >= 0.6 is 0 Å². The minimum absolute atomic E-state index is 0.175. The lowest BCUT2D eigenvalue weighted by atomic mass is 10.1. The van der Waals surface area contributed by atoms with Crippen molar-refractivity contribution in [1.82, 2.24) is 10.2 Å². The average molecular weight is 309 g/mol. The average Bonchev–Trinajstić information content (AvgIpc) is 2.53.